The number of halogens is 1. The van der Waals surface area contributed by atoms with Crippen molar-refractivity contribution in [3.8, 4) is 5.75 Å². The molecule has 7 nitrogen and oxygen atoms in total. The summed E-state index contributed by atoms with van der Waals surface area (Å²) in [5.41, 5.74) is 7.88. The number of rotatable bonds is 7. The lowest BCUT2D eigenvalue weighted by atomic mass is 9.98. The number of likely N-dealkylation sites (tertiary alicyclic amines) is 1. The minimum absolute atomic E-state index is 0.111. The van der Waals surface area contributed by atoms with Gasteiger partial charge in [0.1, 0.15) is 5.75 Å². The zero-order valence-electron chi connectivity index (χ0n) is 17.0. The molecule has 1 amide bonds. The number of nitrogens with two attached hydrogens (primary N) is 1. The van der Waals surface area contributed by atoms with Gasteiger partial charge in [-0.2, -0.15) is 0 Å². The molecule has 0 unspecified atom stereocenters. The Morgan fingerprint density at radius 1 is 1.38 bits per heavy atom. The number of nitrogens with zero attached hydrogens (tertiary/aromatic N) is 1. The summed E-state index contributed by atoms with van der Waals surface area (Å²) in [6, 6.07) is 1.72. The van der Waals surface area contributed by atoms with Crippen molar-refractivity contribution in [1.29, 1.82) is 0 Å². The molecule has 0 spiro atoms. The van der Waals surface area contributed by atoms with Gasteiger partial charge in [-0.3, -0.25) is 9.59 Å². The molecular formula is C21H30ClN3O4. The molecule has 3 N–H and O–H groups in total. The van der Waals surface area contributed by atoms with Crippen LogP contribution in [-0.2, 0) is 16.0 Å². The maximum atomic E-state index is 12.9. The standard InChI is InChI=1S/C21H30ClN3O4/c1-2-28-18(26)6-3-9-25-10-7-14(8-11-25)24-21(27)16-13-17(22)19(23)15-5-4-12-29-20(15)16/h13-14H,2-12,23H2,1H3,(H,24,27). The summed E-state index contributed by atoms with van der Waals surface area (Å²) in [4.78, 5) is 26.6. The summed E-state index contributed by atoms with van der Waals surface area (Å²) in [6.45, 7) is 5.48. The monoisotopic (exact) mass is 423 g/mol. The molecule has 29 heavy (non-hydrogen) atoms. The molecule has 2 aliphatic rings. The van der Waals surface area contributed by atoms with Crippen LogP contribution >= 0.6 is 11.6 Å². The molecule has 160 valence electrons. The third-order valence-electron chi connectivity index (χ3n) is 5.52. The van der Waals surface area contributed by atoms with Crippen LogP contribution < -0.4 is 15.8 Å². The summed E-state index contributed by atoms with van der Waals surface area (Å²) in [5.74, 6) is 0.278. The molecule has 0 aromatic heterocycles. The van der Waals surface area contributed by atoms with E-state index in [0.717, 1.165) is 57.3 Å². The van der Waals surface area contributed by atoms with Gasteiger partial charge in [0.15, 0.2) is 0 Å². The first-order chi connectivity index (χ1) is 14.0. The predicted octanol–water partition coefficient (Wildman–Crippen LogP) is 2.78. The summed E-state index contributed by atoms with van der Waals surface area (Å²) in [7, 11) is 0. The first kappa shape index (κ1) is 21.7. The van der Waals surface area contributed by atoms with Crippen LogP contribution in [0.5, 0.6) is 5.75 Å². The first-order valence-electron chi connectivity index (χ1n) is 10.4. The number of anilines is 1. The summed E-state index contributed by atoms with van der Waals surface area (Å²) in [5, 5.41) is 3.52. The van der Waals surface area contributed by atoms with E-state index in [2.05, 4.69) is 10.2 Å². The van der Waals surface area contributed by atoms with Gasteiger partial charge in [0, 0.05) is 31.1 Å². The van der Waals surface area contributed by atoms with Crippen LogP contribution in [0.2, 0.25) is 5.02 Å². The van der Waals surface area contributed by atoms with Crippen molar-refractivity contribution in [2.24, 2.45) is 0 Å². The van der Waals surface area contributed by atoms with Crippen molar-refractivity contribution in [3.05, 3.63) is 22.2 Å². The van der Waals surface area contributed by atoms with E-state index in [0.29, 0.717) is 41.7 Å². The van der Waals surface area contributed by atoms with E-state index in [4.69, 9.17) is 26.8 Å². The molecule has 0 bridgehead atoms. The number of hydrogen-bond donors (Lipinski definition) is 2. The molecule has 0 atom stereocenters. The van der Waals surface area contributed by atoms with Gasteiger partial charge in [-0.1, -0.05) is 11.6 Å². The Labute approximate surface area is 176 Å². The molecule has 1 aromatic rings. The number of carbonyl (C=O) groups is 2. The fourth-order valence-electron chi connectivity index (χ4n) is 3.95. The molecule has 2 aliphatic heterocycles. The number of amides is 1. The maximum Gasteiger partial charge on any atom is 0.305 e. The second-order valence-electron chi connectivity index (χ2n) is 7.58. The summed E-state index contributed by atoms with van der Waals surface area (Å²) < 4.78 is 10.7. The van der Waals surface area contributed by atoms with Crippen molar-refractivity contribution in [2.45, 2.75) is 51.5 Å². The van der Waals surface area contributed by atoms with E-state index in [1.165, 1.54) is 0 Å². The van der Waals surface area contributed by atoms with Gasteiger partial charge in [0.05, 0.1) is 29.5 Å². The van der Waals surface area contributed by atoms with Crippen molar-refractivity contribution >= 4 is 29.2 Å². The van der Waals surface area contributed by atoms with Crippen LogP contribution in [0.3, 0.4) is 0 Å². The molecular weight excluding hydrogens is 394 g/mol. The third kappa shape index (κ3) is 5.54. The van der Waals surface area contributed by atoms with Gasteiger partial charge in [-0.25, -0.2) is 0 Å². The van der Waals surface area contributed by atoms with Crippen LogP contribution in [0, 0.1) is 0 Å². The minimum Gasteiger partial charge on any atom is -0.492 e. The number of carbonyl (C=O) groups excluding carboxylic acids is 2. The van der Waals surface area contributed by atoms with Crippen molar-refractivity contribution in [1.82, 2.24) is 10.2 Å². The number of benzene rings is 1. The number of hydrogen-bond acceptors (Lipinski definition) is 6. The number of fused-ring (bicyclic) bond motifs is 1. The Morgan fingerprint density at radius 3 is 2.86 bits per heavy atom. The van der Waals surface area contributed by atoms with Crippen LogP contribution in [0.25, 0.3) is 0 Å². The molecule has 8 heteroatoms. The van der Waals surface area contributed by atoms with Crippen LogP contribution in [0.4, 0.5) is 5.69 Å². The van der Waals surface area contributed by atoms with Gasteiger partial charge in [0.2, 0.25) is 0 Å². The Balaban J connectivity index is 1.50. The number of esters is 1. The highest BCUT2D eigenvalue weighted by Crippen LogP contribution is 2.38. The van der Waals surface area contributed by atoms with Crippen molar-refractivity contribution < 1.29 is 19.1 Å². The molecule has 0 saturated carbocycles. The average molecular weight is 424 g/mol. The molecule has 3 rings (SSSR count). The zero-order chi connectivity index (χ0) is 20.8. The second-order valence-corrected chi connectivity index (χ2v) is 7.98. The van der Waals surface area contributed by atoms with Crippen molar-refractivity contribution in [3.63, 3.8) is 0 Å². The highest BCUT2D eigenvalue weighted by atomic mass is 35.5. The van der Waals surface area contributed by atoms with E-state index in [1.807, 2.05) is 6.92 Å². The molecule has 0 radical (unpaired) electrons. The smallest absolute Gasteiger partial charge is 0.305 e. The second kappa shape index (κ2) is 10.2. The SMILES string of the molecule is CCOC(=O)CCCN1CCC(NC(=O)c2cc(Cl)c(N)c3c2OCCC3)CC1. The Hall–Kier alpha value is -1.99. The number of nitrogen functional groups attached to an aromatic ring is 1. The Morgan fingerprint density at radius 2 is 2.14 bits per heavy atom. The van der Waals surface area contributed by atoms with E-state index >= 15 is 0 Å². The van der Waals surface area contributed by atoms with Crippen LogP contribution in [0.1, 0.15) is 54.9 Å². The normalized spacial score (nSPS) is 17.3. The maximum absolute atomic E-state index is 12.9. The quantitative estimate of drug-likeness (QED) is 0.517. The average Bonchev–Trinajstić information content (AvgIpc) is 2.72. The first-order valence-corrected chi connectivity index (χ1v) is 10.8. The van der Waals surface area contributed by atoms with Crippen LogP contribution in [-0.4, -0.2) is 55.7 Å². The van der Waals surface area contributed by atoms with E-state index in [1.54, 1.807) is 6.07 Å². The van der Waals surface area contributed by atoms with Gasteiger partial charge in [-0.15, -0.1) is 0 Å². The van der Waals surface area contributed by atoms with Crippen LogP contribution in [0.15, 0.2) is 6.07 Å². The molecule has 1 saturated heterocycles. The zero-order valence-corrected chi connectivity index (χ0v) is 17.7. The summed E-state index contributed by atoms with van der Waals surface area (Å²) in [6.07, 6.45) is 4.63. The lowest BCUT2D eigenvalue weighted by molar-refractivity contribution is -0.143. The number of ether oxygens (including phenoxy) is 2. The fourth-order valence-corrected chi connectivity index (χ4v) is 4.17. The highest BCUT2D eigenvalue weighted by Gasteiger charge is 2.26. The Bertz CT molecular complexity index is 748. The van der Waals surface area contributed by atoms with E-state index < -0.39 is 0 Å². The molecule has 2 heterocycles. The summed E-state index contributed by atoms with van der Waals surface area (Å²) >= 11 is 6.25. The fraction of sp³-hybridized carbons (Fsp3) is 0.619. The lowest BCUT2D eigenvalue weighted by Crippen LogP contribution is -2.45. The largest absolute Gasteiger partial charge is 0.492 e. The van der Waals surface area contributed by atoms with Crippen molar-refractivity contribution in [2.75, 3.05) is 38.6 Å². The predicted molar refractivity (Wildman–Crippen MR) is 112 cm³/mol. The topological polar surface area (TPSA) is 93.9 Å². The van der Waals surface area contributed by atoms with Gasteiger partial charge >= 0.3 is 5.97 Å². The van der Waals surface area contributed by atoms with Gasteiger partial charge < -0.3 is 25.4 Å². The van der Waals surface area contributed by atoms with Gasteiger partial charge in [-0.05, 0) is 51.6 Å². The third-order valence-corrected chi connectivity index (χ3v) is 5.83. The molecule has 1 aromatic carbocycles. The van der Waals surface area contributed by atoms with E-state index in [9.17, 15) is 9.59 Å². The molecule has 1 fully saturated rings. The van der Waals surface area contributed by atoms with E-state index in [-0.39, 0.29) is 17.9 Å². The number of piperidine rings is 1. The minimum atomic E-state index is -0.161. The number of nitrogens with one attached hydrogen (secondary N) is 1. The lowest BCUT2D eigenvalue weighted by Gasteiger charge is -2.32. The Kier molecular flexibility index (Phi) is 7.61. The highest BCUT2D eigenvalue weighted by molar-refractivity contribution is 6.33. The molecule has 0 aliphatic carbocycles. The van der Waals surface area contributed by atoms with Gasteiger partial charge in [0.25, 0.3) is 5.91 Å².